The fraction of sp³-hybridized carbons (Fsp3) is 0.188. The Morgan fingerprint density at radius 3 is 2.73 bits per heavy atom. The fourth-order valence-electron chi connectivity index (χ4n) is 2.17. The highest BCUT2D eigenvalue weighted by Crippen LogP contribution is 2.36. The maximum atomic E-state index is 11.8. The Kier molecular flexibility index (Phi) is 3.77. The summed E-state index contributed by atoms with van der Waals surface area (Å²) < 4.78 is 10.7. The van der Waals surface area contributed by atoms with Crippen LogP contribution in [0.15, 0.2) is 30.6 Å². The van der Waals surface area contributed by atoms with Gasteiger partial charge in [0.2, 0.25) is 5.88 Å². The Bertz CT molecular complexity index is 858. The zero-order chi connectivity index (χ0) is 15.7. The van der Waals surface area contributed by atoms with Crippen molar-refractivity contribution in [3.63, 3.8) is 0 Å². The van der Waals surface area contributed by atoms with Gasteiger partial charge in [-0.15, -0.1) is 11.3 Å². The first-order valence-electron chi connectivity index (χ1n) is 6.67. The zero-order valence-corrected chi connectivity index (χ0v) is 13.2. The van der Waals surface area contributed by atoms with Gasteiger partial charge in [0.15, 0.2) is 0 Å². The van der Waals surface area contributed by atoms with Crippen LogP contribution >= 0.6 is 11.3 Å². The maximum absolute atomic E-state index is 11.8. The lowest BCUT2D eigenvalue weighted by Gasteiger charge is -2.09. The molecule has 0 amide bonds. The van der Waals surface area contributed by atoms with Gasteiger partial charge in [0, 0.05) is 4.88 Å². The predicted octanol–water partition coefficient (Wildman–Crippen LogP) is 3.89. The van der Waals surface area contributed by atoms with Gasteiger partial charge in [-0.25, -0.2) is 14.8 Å². The summed E-state index contributed by atoms with van der Waals surface area (Å²) in [6.45, 7) is 4.05. The SMILES string of the molecule is COC(=O)c1ccccc1Oc1ncnc2sc(C)c(C)c12. The van der Waals surface area contributed by atoms with Crippen LogP contribution < -0.4 is 4.74 Å². The van der Waals surface area contributed by atoms with Gasteiger partial charge in [-0.1, -0.05) is 12.1 Å². The number of para-hydroxylation sites is 1. The molecule has 0 saturated carbocycles. The molecule has 2 heterocycles. The number of carbonyl (C=O) groups excluding carboxylic acids is 1. The summed E-state index contributed by atoms with van der Waals surface area (Å²) in [5.41, 5.74) is 1.45. The van der Waals surface area contributed by atoms with Crippen molar-refractivity contribution in [1.82, 2.24) is 9.97 Å². The average molecular weight is 314 g/mol. The van der Waals surface area contributed by atoms with Crippen LogP contribution in [-0.4, -0.2) is 23.0 Å². The largest absolute Gasteiger partial charge is 0.465 e. The summed E-state index contributed by atoms with van der Waals surface area (Å²) in [5.74, 6) is 0.417. The van der Waals surface area contributed by atoms with Crippen LogP contribution in [0.4, 0.5) is 0 Å². The lowest BCUT2D eigenvalue weighted by molar-refractivity contribution is 0.0598. The number of hydrogen-bond donors (Lipinski definition) is 0. The van der Waals surface area contributed by atoms with E-state index >= 15 is 0 Å². The number of fused-ring (bicyclic) bond motifs is 1. The highest BCUT2D eigenvalue weighted by molar-refractivity contribution is 7.18. The van der Waals surface area contributed by atoms with Crippen molar-refractivity contribution in [2.45, 2.75) is 13.8 Å². The van der Waals surface area contributed by atoms with E-state index in [0.717, 1.165) is 15.8 Å². The van der Waals surface area contributed by atoms with Gasteiger partial charge in [-0.3, -0.25) is 0 Å². The fourth-order valence-corrected chi connectivity index (χ4v) is 3.15. The van der Waals surface area contributed by atoms with E-state index in [9.17, 15) is 4.79 Å². The van der Waals surface area contributed by atoms with Gasteiger partial charge in [-0.05, 0) is 31.5 Å². The van der Waals surface area contributed by atoms with E-state index in [4.69, 9.17) is 9.47 Å². The average Bonchev–Trinajstić information content (AvgIpc) is 2.83. The van der Waals surface area contributed by atoms with E-state index in [2.05, 4.69) is 9.97 Å². The van der Waals surface area contributed by atoms with Gasteiger partial charge < -0.3 is 9.47 Å². The van der Waals surface area contributed by atoms with E-state index in [1.54, 1.807) is 35.6 Å². The summed E-state index contributed by atoms with van der Waals surface area (Å²) in [6.07, 6.45) is 1.47. The highest BCUT2D eigenvalue weighted by Gasteiger charge is 2.17. The first kappa shape index (κ1) is 14.5. The molecule has 0 aliphatic rings. The van der Waals surface area contributed by atoms with E-state index in [1.165, 1.54) is 18.3 Å². The summed E-state index contributed by atoms with van der Waals surface area (Å²) in [5, 5.41) is 0.879. The van der Waals surface area contributed by atoms with Crippen LogP contribution in [0.3, 0.4) is 0 Å². The monoisotopic (exact) mass is 314 g/mol. The summed E-state index contributed by atoms with van der Waals surface area (Å²) in [4.78, 5) is 22.4. The third-order valence-electron chi connectivity index (χ3n) is 3.43. The minimum atomic E-state index is -0.445. The number of carbonyl (C=O) groups is 1. The van der Waals surface area contributed by atoms with Gasteiger partial charge in [-0.2, -0.15) is 0 Å². The standard InChI is InChI=1S/C16H14N2O3S/c1-9-10(2)22-15-13(9)14(17-8-18-15)21-12-7-5-4-6-11(12)16(19)20-3/h4-8H,1-3H3. The molecule has 0 bridgehead atoms. The lowest BCUT2D eigenvalue weighted by Crippen LogP contribution is -2.04. The van der Waals surface area contributed by atoms with Crippen molar-refractivity contribution in [3.8, 4) is 11.6 Å². The van der Waals surface area contributed by atoms with Gasteiger partial charge in [0.05, 0.1) is 12.5 Å². The molecule has 3 rings (SSSR count). The van der Waals surface area contributed by atoms with Crippen molar-refractivity contribution in [3.05, 3.63) is 46.6 Å². The third kappa shape index (κ3) is 2.42. The summed E-state index contributed by atoms with van der Waals surface area (Å²) >= 11 is 1.60. The first-order chi connectivity index (χ1) is 10.6. The van der Waals surface area contributed by atoms with Crippen molar-refractivity contribution >= 4 is 27.5 Å². The molecule has 5 nitrogen and oxygen atoms in total. The number of hydrogen-bond acceptors (Lipinski definition) is 6. The van der Waals surface area contributed by atoms with Crippen molar-refractivity contribution in [2.24, 2.45) is 0 Å². The minimum Gasteiger partial charge on any atom is -0.465 e. The molecule has 3 aromatic rings. The number of nitrogens with zero attached hydrogens (tertiary/aromatic N) is 2. The topological polar surface area (TPSA) is 61.3 Å². The van der Waals surface area contributed by atoms with Crippen LogP contribution in [0.5, 0.6) is 11.6 Å². The summed E-state index contributed by atoms with van der Waals surface area (Å²) in [7, 11) is 1.34. The molecular formula is C16H14N2O3S. The number of benzene rings is 1. The molecule has 0 atom stereocenters. The number of rotatable bonds is 3. The Balaban J connectivity index is 2.10. The second-order valence-electron chi connectivity index (χ2n) is 4.73. The van der Waals surface area contributed by atoms with Crippen LogP contribution in [0, 0.1) is 13.8 Å². The van der Waals surface area contributed by atoms with Gasteiger partial charge >= 0.3 is 5.97 Å². The molecule has 0 radical (unpaired) electrons. The van der Waals surface area contributed by atoms with Crippen LogP contribution in [0.25, 0.3) is 10.2 Å². The van der Waals surface area contributed by atoms with Crippen LogP contribution in [-0.2, 0) is 4.74 Å². The number of esters is 1. The second-order valence-corrected chi connectivity index (χ2v) is 5.94. The van der Waals surface area contributed by atoms with Crippen molar-refractivity contribution in [1.29, 1.82) is 0 Å². The molecule has 0 aliphatic carbocycles. The molecule has 0 unspecified atom stereocenters. The Labute approximate surface area is 131 Å². The van der Waals surface area contributed by atoms with Gasteiger partial charge in [0.25, 0.3) is 0 Å². The van der Waals surface area contributed by atoms with Crippen molar-refractivity contribution < 1.29 is 14.3 Å². The molecule has 0 aliphatic heterocycles. The number of ether oxygens (including phenoxy) is 2. The van der Waals surface area contributed by atoms with Crippen molar-refractivity contribution in [2.75, 3.05) is 7.11 Å². The molecule has 0 fully saturated rings. The predicted molar refractivity (Wildman–Crippen MR) is 84.7 cm³/mol. The smallest absolute Gasteiger partial charge is 0.341 e. The molecule has 6 heteroatoms. The van der Waals surface area contributed by atoms with Crippen LogP contribution in [0.2, 0.25) is 0 Å². The second kappa shape index (κ2) is 5.73. The molecular weight excluding hydrogens is 300 g/mol. The Morgan fingerprint density at radius 2 is 1.95 bits per heavy atom. The lowest BCUT2D eigenvalue weighted by atomic mass is 10.2. The Hall–Kier alpha value is -2.47. The molecule has 0 N–H and O–H groups in total. The summed E-state index contributed by atoms with van der Waals surface area (Å²) in [6, 6.07) is 6.93. The van der Waals surface area contributed by atoms with E-state index in [0.29, 0.717) is 17.2 Å². The van der Waals surface area contributed by atoms with Crippen LogP contribution in [0.1, 0.15) is 20.8 Å². The van der Waals surface area contributed by atoms with E-state index in [-0.39, 0.29) is 0 Å². The molecule has 0 saturated heterocycles. The van der Waals surface area contributed by atoms with E-state index < -0.39 is 5.97 Å². The number of aryl methyl sites for hydroxylation is 2. The highest BCUT2D eigenvalue weighted by atomic mass is 32.1. The number of methoxy groups -OCH3 is 1. The minimum absolute atomic E-state index is 0.362. The van der Waals surface area contributed by atoms with Gasteiger partial charge in [0.1, 0.15) is 22.5 Å². The normalized spacial score (nSPS) is 10.7. The van der Waals surface area contributed by atoms with E-state index in [1.807, 2.05) is 13.8 Å². The maximum Gasteiger partial charge on any atom is 0.341 e. The number of aromatic nitrogens is 2. The molecule has 22 heavy (non-hydrogen) atoms. The number of thiophene rings is 1. The zero-order valence-electron chi connectivity index (χ0n) is 12.4. The Morgan fingerprint density at radius 1 is 1.18 bits per heavy atom. The quantitative estimate of drug-likeness (QED) is 0.686. The molecule has 0 spiro atoms. The first-order valence-corrected chi connectivity index (χ1v) is 7.49. The third-order valence-corrected chi connectivity index (χ3v) is 4.54. The molecule has 1 aromatic carbocycles. The molecule has 2 aromatic heterocycles. The molecule has 112 valence electrons.